The van der Waals surface area contributed by atoms with Crippen LogP contribution in [0.4, 0.5) is 11.4 Å². The number of aromatic amines is 1. The van der Waals surface area contributed by atoms with Crippen LogP contribution < -0.4 is 10.2 Å². The number of anilines is 2. The van der Waals surface area contributed by atoms with Crippen LogP contribution in [0.3, 0.4) is 0 Å². The van der Waals surface area contributed by atoms with Crippen molar-refractivity contribution < 1.29 is 0 Å². The summed E-state index contributed by atoms with van der Waals surface area (Å²) in [6.07, 6.45) is 2.55. The molecule has 0 spiro atoms. The first-order valence-corrected chi connectivity index (χ1v) is 10.6. The average molecular weight is 393 g/mol. The molecule has 3 heterocycles. The lowest BCUT2D eigenvalue weighted by atomic mass is 10.0. The minimum Gasteiger partial charge on any atom is -0.371 e. The fraction of sp³-hybridized carbons (Fsp3) is 0.200. The smallest absolute Gasteiger partial charge is 0.139 e. The highest BCUT2D eigenvalue weighted by Gasteiger charge is 2.18. The zero-order valence-electron chi connectivity index (χ0n) is 16.7. The van der Waals surface area contributed by atoms with Gasteiger partial charge < -0.3 is 15.2 Å². The van der Waals surface area contributed by atoms with E-state index >= 15 is 0 Å². The van der Waals surface area contributed by atoms with E-state index < -0.39 is 0 Å². The number of nitrogens with zero attached hydrogens (tertiary/aromatic N) is 3. The summed E-state index contributed by atoms with van der Waals surface area (Å²) in [5.74, 6) is 1.77. The Morgan fingerprint density at radius 1 is 0.833 bits per heavy atom. The molecule has 1 saturated heterocycles. The van der Waals surface area contributed by atoms with Gasteiger partial charge in [0.15, 0.2) is 0 Å². The first-order chi connectivity index (χ1) is 14.8. The fourth-order valence-corrected chi connectivity index (χ4v) is 4.46. The highest BCUT2D eigenvalue weighted by molar-refractivity contribution is 6.13. The molecule has 4 aromatic rings. The summed E-state index contributed by atoms with van der Waals surface area (Å²) in [4.78, 5) is 15.7. The zero-order chi connectivity index (χ0) is 19.9. The second kappa shape index (κ2) is 7.02. The number of H-pyrrole nitrogens is 1. The Morgan fingerprint density at radius 2 is 1.63 bits per heavy atom. The van der Waals surface area contributed by atoms with Gasteiger partial charge in [0.25, 0.3) is 0 Å². The molecule has 5 nitrogen and oxygen atoms in total. The van der Waals surface area contributed by atoms with E-state index in [2.05, 4.69) is 81.9 Å². The van der Waals surface area contributed by atoms with Crippen molar-refractivity contribution in [3.8, 4) is 11.4 Å². The maximum atomic E-state index is 4.89. The number of rotatable bonds is 3. The van der Waals surface area contributed by atoms with E-state index in [4.69, 9.17) is 9.98 Å². The summed E-state index contributed by atoms with van der Waals surface area (Å²) in [6.45, 7) is 2.97. The van der Waals surface area contributed by atoms with Gasteiger partial charge in [0.2, 0.25) is 0 Å². The largest absolute Gasteiger partial charge is 0.371 e. The van der Waals surface area contributed by atoms with Crippen LogP contribution in [0.1, 0.15) is 24.0 Å². The molecule has 0 radical (unpaired) electrons. The van der Waals surface area contributed by atoms with Crippen LogP contribution in [0, 0.1) is 0 Å². The van der Waals surface area contributed by atoms with Gasteiger partial charge in [-0.3, -0.25) is 4.99 Å². The van der Waals surface area contributed by atoms with E-state index in [0.29, 0.717) is 6.54 Å². The van der Waals surface area contributed by atoms with Gasteiger partial charge in [-0.05, 0) is 42.7 Å². The number of imidazole rings is 1. The van der Waals surface area contributed by atoms with E-state index in [0.717, 1.165) is 52.6 Å². The molecule has 2 aliphatic heterocycles. The van der Waals surface area contributed by atoms with Gasteiger partial charge >= 0.3 is 0 Å². The molecule has 2 aliphatic rings. The molecule has 0 unspecified atom stereocenters. The van der Waals surface area contributed by atoms with Crippen LogP contribution in [0.15, 0.2) is 71.7 Å². The van der Waals surface area contributed by atoms with Crippen molar-refractivity contribution in [2.45, 2.75) is 19.4 Å². The Hall–Kier alpha value is -3.60. The lowest BCUT2D eigenvalue weighted by molar-refractivity contribution is 0.949. The quantitative estimate of drug-likeness (QED) is 0.503. The third-order valence-electron chi connectivity index (χ3n) is 6.05. The van der Waals surface area contributed by atoms with Gasteiger partial charge in [-0.1, -0.05) is 42.5 Å². The molecule has 0 saturated carbocycles. The van der Waals surface area contributed by atoms with Gasteiger partial charge in [0.1, 0.15) is 11.7 Å². The first-order valence-electron chi connectivity index (χ1n) is 10.6. The minimum atomic E-state index is 0.687. The molecule has 5 heteroatoms. The normalized spacial score (nSPS) is 15.7. The second-order valence-corrected chi connectivity index (χ2v) is 7.97. The maximum Gasteiger partial charge on any atom is 0.139 e. The summed E-state index contributed by atoms with van der Waals surface area (Å²) >= 11 is 0. The number of benzene rings is 3. The Morgan fingerprint density at radius 3 is 2.53 bits per heavy atom. The van der Waals surface area contributed by atoms with Gasteiger partial charge in [-0.2, -0.15) is 0 Å². The third kappa shape index (κ3) is 2.94. The van der Waals surface area contributed by atoms with Crippen molar-refractivity contribution in [1.29, 1.82) is 0 Å². The standard InChI is InChI=1S/C25H23N5/c1-4-10-21-17(7-1)16-26-24(27-21)19-8-2-3-9-20(19)25-28-22-12-11-18(15-23(22)29-25)30-13-5-6-14-30/h1-4,7-12,15H,5-6,13-14,16H2,(H,26,27)(H,28,29). The molecule has 6 rings (SSSR count). The number of aliphatic imine (C=N–C) groups is 1. The van der Waals surface area contributed by atoms with E-state index in [1.54, 1.807) is 0 Å². The number of hydrogen-bond donors (Lipinski definition) is 2. The van der Waals surface area contributed by atoms with Gasteiger partial charge in [0, 0.05) is 35.6 Å². The summed E-state index contributed by atoms with van der Waals surface area (Å²) in [7, 11) is 0. The third-order valence-corrected chi connectivity index (χ3v) is 6.05. The average Bonchev–Trinajstić information content (AvgIpc) is 3.48. The number of amidine groups is 1. The van der Waals surface area contributed by atoms with Crippen molar-refractivity contribution in [3.05, 3.63) is 77.9 Å². The summed E-state index contributed by atoms with van der Waals surface area (Å²) in [6, 6.07) is 23.2. The van der Waals surface area contributed by atoms with Crippen molar-refractivity contribution in [2.24, 2.45) is 4.99 Å². The highest BCUT2D eigenvalue weighted by Crippen LogP contribution is 2.30. The predicted molar refractivity (Wildman–Crippen MR) is 123 cm³/mol. The molecule has 3 aromatic carbocycles. The van der Waals surface area contributed by atoms with Gasteiger partial charge in [-0.25, -0.2) is 4.98 Å². The maximum absolute atomic E-state index is 4.89. The monoisotopic (exact) mass is 393 g/mol. The van der Waals surface area contributed by atoms with E-state index in [9.17, 15) is 0 Å². The van der Waals surface area contributed by atoms with E-state index in [1.807, 2.05) is 0 Å². The lowest BCUT2D eigenvalue weighted by Crippen LogP contribution is -2.19. The number of fused-ring (bicyclic) bond motifs is 2. The molecule has 1 aromatic heterocycles. The number of aromatic nitrogens is 2. The molecule has 0 amide bonds. The molecule has 0 aliphatic carbocycles. The van der Waals surface area contributed by atoms with Crippen LogP contribution in [-0.4, -0.2) is 28.9 Å². The molecular weight excluding hydrogens is 370 g/mol. The first kappa shape index (κ1) is 17.3. The molecule has 148 valence electrons. The van der Waals surface area contributed by atoms with Gasteiger partial charge in [0.05, 0.1) is 17.6 Å². The zero-order valence-corrected chi connectivity index (χ0v) is 16.7. The Kier molecular flexibility index (Phi) is 4.04. The van der Waals surface area contributed by atoms with Gasteiger partial charge in [-0.15, -0.1) is 0 Å². The molecule has 30 heavy (non-hydrogen) atoms. The number of nitrogens with one attached hydrogen (secondary N) is 2. The van der Waals surface area contributed by atoms with Crippen molar-refractivity contribution in [3.63, 3.8) is 0 Å². The van der Waals surface area contributed by atoms with Crippen LogP contribution in [0.5, 0.6) is 0 Å². The van der Waals surface area contributed by atoms with Crippen molar-refractivity contribution in [1.82, 2.24) is 9.97 Å². The number of para-hydroxylation sites is 1. The van der Waals surface area contributed by atoms with Crippen LogP contribution >= 0.6 is 0 Å². The molecule has 1 fully saturated rings. The Balaban J connectivity index is 1.39. The van der Waals surface area contributed by atoms with Crippen molar-refractivity contribution in [2.75, 3.05) is 23.3 Å². The SMILES string of the molecule is c1ccc2c(c1)CN=C(c1ccccc1-c1nc3ccc(N4CCCC4)cc3[nH]1)N2. The Bertz CT molecular complexity index is 1260. The van der Waals surface area contributed by atoms with Crippen LogP contribution in [0.25, 0.3) is 22.4 Å². The summed E-state index contributed by atoms with van der Waals surface area (Å²) in [5.41, 5.74) is 7.81. The minimum absolute atomic E-state index is 0.687. The summed E-state index contributed by atoms with van der Waals surface area (Å²) in [5, 5.41) is 3.51. The molecule has 0 bridgehead atoms. The predicted octanol–water partition coefficient (Wildman–Crippen LogP) is 5.20. The highest BCUT2D eigenvalue weighted by atomic mass is 15.1. The molecule has 2 N–H and O–H groups in total. The number of hydrogen-bond acceptors (Lipinski definition) is 4. The van der Waals surface area contributed by atoms with Crippen LogP contribution in [-0.2, 0) is 6.54 Å². The summed E-state index contributed by atoms with van der Waals surface area (Å²) < 4.78 is 0. The lowest BCUT2D eigenvalue weighted by Gasteiger charge is -2.19. The Labute approximate surface area is 175 Å². The van der Waals surface area contributed by atoms with E-state index in [1.165, 1.54) is 24.1 Å². The molecule has 0 atom stereocenters. The van der Waals surface area contributed by atoms with Crippen molar-refractivity contribution >= 4 is 28.2 Å². The molecular formula is C25H23N5. The fourth-order valence-electron chi connectivity index (χ4n) is 4.46. The second-order valence-electron chi connectivity index (χ2n) is 7.97. The topological polar surface area (TPSA) is 56.3 Å². The van der Waals surface area contributed by atoms with E-state index in [-0.39, 0.29) is 0 Å². The van der Waals surface area contributed by atoms with Crippen LogP contribution in [0.2, 0.25) is 0 Å².